The largest absolute Gasteiger partial charge is 0.398 e. The average molecular weight is 347 g/mol. The number of hydrogen-bond donors (Lipinski definition) is 2. The molecule has 0 heterocycles. The maximum absolute atomic E-state index is 12.1. The van der Waals surface area contributed by atoms with E-state index in [1.165, 1.54) is 37.8 Å². The number of sulfonamides is 1. The van der Waals surface area contributed by atoms with Gasteiger partial charge in [-0.05, 0) is 46.5 Å². The zero-order valence-corrected chi connectivity index (χ0v) is 13.1. The Bertz CT molecular complexity index is 540. The van der Waals surface area contributed by atoms with Crippen LogP contribution >= 0.6 is 15.9 Å². The van der Waals surface area contributed by atoms with Crippen LogP contribution in [0.15, 0.2) is 27.6 Å². The van der Waals surface area contributed by atoms with Crippen molar-refractivity contribution in [1.29, 1.82) is 0 Å². The van der Waals surface area contributed by atoms with Gasteiger partial charge in [0, 0.05) is 16.7 Å². The van der Waals surface area contributed by atoms with Crippen LogP contribution in [0.5, 0.6) is 0 Å². The standard InChI is InChI=1S/C13H19BrN2O2S/c14-12-9-11(5-6-13(12)15)19(17,18)16-8-7-10-3-1-2-4-10/h5-6,9-10,16H,1-4,7-8,15H2. The molecule has 0 atom stereocenters. The molecule has 1 aliphatic rings. The van der Waals surface area contributed by atoms with Crippen LogP contribution < -0.4 is 10.5 Å². The first kappa shape index (κ1) is 14.8. The molecule has 0 aliphatic heterocycles. The van der Waals surface area contributed by atoms with Gasteiger partial charge in [-0.3, -0.25) is 0 Å². The lowest BCUT2D eigenvalue weighted by Gasteiger charge is -2.11. The Morgan fingerprint density at radius 2 is 2.00 bits per heavy atom. The van der Waals surface area contributed by atoms with E-state index in [-0.39, 0.29) is 4.90 Å². The lowest BCUT2D eigenvalue weighted by Crippen LogP contribution is -2.26. The highest BCUT2D eigenvalue weighted by molar-refractivity contribution is 9.10. The van der Waals surface area contributed by atoms with E-state index in [1.54, 1.807) is 6.07 Å². The van der Waals surface area contributed by atoms with Gasteiger partial charge in [0.2, 0.25) is 10.0 Å². The van der Waals surface area contributed by atoms with Crippen molar-refractivity contribution in [1.82, 2.24) is 4.72 Å². The number of nitrogens with two attached hydrogens (primary N) is 1. The molecule has 3 N–H and O–H groups in total. The molecular formula is C13H19BrN2O2S. The Hall–Kier alpha value is -0.590. The second kappa shape index (κ2) is 6.24. The number of anilines is 1. The minimum absolute atomic E-state index is 0.250. The van der Waals surface area contributed by atoms with Crippen molar-refractivity contribution in [2.75, 3.05) is 12.3 Å². The highest BCUT2D eigenvalue weighted by Crippen LogP contribution is 2.27. The summed E-state index contributed by atoms with van der Waals surface area (Å²) in [5.74, 6) is 0.681. The predicted octanol–water partition coefficient (Wildman–Crippen LogP) is 2.89. The van der Waals surface area contributed by atoms with Gasteiger partial charge in [0.15, 0.2) is 0 Å². The molecule has 0 saturated heterocycles. The SMILES string of the molecule is Nc1ccc(S(=O)(=O)NCCC2CCCC2)cc1Br. The molecular weight excluding hydrogens is 328 g/mol. The summed E-state index contributed by atoms with van der Waals surface area (Å²) >= 11 is 3.24. The minimum atomic E-state index is -3.43. The van der Waals surface area contributed by atoms with Gasteiger partial charge in [0.1, 0.15) is 0 Å². The van der Waals surface area contributed by atoms with Crippen molar-refractivity contribution in [3.05, 3.63) is 22.7 Å². The summed E-state index contributed by atoms with van der Waals surface area (Å²) in [6.07, 6.45) is 5.95. The van der Waals surface area contributed by atoms with Gasteiger partial charge in [0.05, 0.1) is 4.90 Å². The first-order valence-electron chi connectivity index (χ1n) is 6.54. The Labute approximate surface area is 122 Å². The number of benzene rings is 1. The van der Waals surface area contributed by atoms with Crippen LogP contribution in [0, 0.1) is 5.92 Å². The van der Waals surface area contributed by atoms with Gasteiger partial charge in [-0.15, -0.1) is 0 Å². The molecule has 6 heteroatoms. The molecule has 106 valence electrons. The summed E-state index contributed by atoms with van der Waals surface area (Å²) in [5, 5.41) is 0. The van der Waals surface area contributed by atoms with Gasteiger partial charge in [-0.2, -0.15) is 0 Å². The fourth-order valence-corrected chi connectivity index (χ4v) is 4.06. The lowest BCUT2D eigenvalue weighted by molar-refractivity contribution is 0.495. The molecule has 0 radical (unpaired) electrons. The first-order valence-corrected chi connectivity index (χ1v) is 8.81. The smallest absolute Gasteiger partial charge is 0.240 e. The fraction of sp³-hybridized carbons (Fsp3) is 0.538. The number of rotatable bonds is 5. The Morgan fingerprint density at radius 3 is 2.63 bits per heavy atom. The maximum atomic E-state index is 12.1. The maximum Gasteiger partial charge on any atom is 0.240 e. The van der Waals surface area contributed by atoms with E-state index >= 15 is 0 Å². The van der Waals surface area contributed by atoms with E-state index in [1.807, 2.05) is 0 Å². The van der Waals surface area contributed by atoms with Crippen LogP contribution in [0.1, 0.15) is 32.1 Å². The van der Waals surface area contributed by atoms with Crippen LogP contribution in [0.25, 0.3) is 0 Å². The van der Waals surface area contributed by atoms with Crippen molar-refractivity contribution in [2.24, 2.45) is 5.92 Å². The van der Waals surface area contributed by atoms with E-state index in [0.29, 0.717) is 22.6 Å². The molecule has 19 heavy (non-hydrogen) atoms. The second-order valence-corrected chi connectivity index (χ2v) is 7.64. The Kier molecular flexibility index (Phi) is 4.86. The normalized spacial score (nSPS) is 16.9. The monoisotopic (exact) mass is 346 g/mol. The zero-order valence-electron chi connectivity index (χ0n) is 10.7. The highest BCUT2D eigenvalue weighted by atomic mass is 79.9. The number of hydrogen-bond acceptors (Lipinski definition) is 3. The summed E-state index contributed by atoms with van der Waals surface area (Å²) in [4.78, 5) is 0.250. The molecule has 0 aromatic heterocycles. The van der Waals surface area contributed by atoms with E-state index in [9.17, 15) is 8.42 Å². The topological polar surface area (TPSA) is 72.2 Å². The third kappa shape index (κ3) is 3.94. The first-order chi connectivity index (χ1) is 8.99. The third-order valence-corrected chi connectivity index (χ3v) is 5.75. The van der Waals surface area contributed by atoms with Crippen LogP contribution in [0.3, 0.4) is 0 Å². The van der Waals surface area contributed by atoms with Crippen LogP contribution in [0.2, 0.25) is 0 Å². The number of nitrogen functional groups attached to an aromatic ring is 1. The quantitative estimate of drug-likeness (QED) is 0.805. The van der Waals surface area contributed by atoms with Crippen molar-refractivity contribution in [2.45, 2.75) is 37.0 Å². The molecule has 4 nitrogen and oxygen atoms in total. The Balaban J connectivity index is 1.95. The highest BCUT2D eigenvalue weighted by Gasteiger charge is 2.18. The Morgan fingerprint density at radius 1 is 1.32 bits per heavy atom. The van der Waals surface area contributed by atoms with Gasteiger partial charge in [0.25, 0.3) is 0 Å². The van der Waals surface area contributed by atoms with Crippen LogP contribution in [0.4, 0.5) is 5.69 Å². The molecule has 0 bridgehead atoms. The molecule has 1 saturated carbocycles. The number of halogens is 1. The van der Waals surface area contributed by atoms with Crippen LogP contribution in [-0.2, 0) is 10.0 Å². The van der Waals surface area contributed by atoms with Crippen molar-refractivity contribution in [3.63, 3.8) is 0 Å². The van der Waals surface area contributed by atoms with E-state index < -0.39 is 10.0 Å². The molecule has 0 unspecified atom stereocenters. The van der Waals surface area contributed by atoms with E-state index in [4.69, 9.17) is 5.73 Å². The molecule has 0 amide bonds. The fourth-order valence-electron chi connectivity index (χ4n) is 2.45. The minimum Gasteiger partial charge on any atom is -0.398 e. The van der Waals surface area contributed by atoms with Crippen molar-refractivity contribution in [3.8, 4) is 0 Å². The summed E-state index contributed by atoms with van der Waals surface area (Å²) in [6.45, 7) is 0.509. The molecule has 2 rings (SSSR count). The van der Waals surface area contributed by atoms with Crippen molar-refractivity contribution >= 4 is 31.6 Å². The lowest BCUT2D eigenvalue weighted by atomic mass is 10.1. The summed E-state index contributed by atoms with van der Waals surface area (Å²) < 4.78 is 27.5. The van der Waals surface area contributed by atoms with E-state index in [2.05, 4.69) is 20.7 Å². The summed E-state index contributed by atoms with van der Waals surface area (Å²) in [5.41, 5.74) is 6.19. The van der Waals surface area contributed by atoms with Gasteiger partial charge >= 0.3 is 0 Å². The molecule has 1 aromatic rings. The van der Waals surface area contributed by atoms with Crippen molar-refractivity contribution < 1.29 is 8.42 Å². The molecule has 1 fully saturated rings. The molecule has 0 spiro atoms. The average Bonchev–Trinajstić information content (AvgIpc) is 2.85. The summed E-state index contributed by atoms with van der Waals surface area (Å²) in [6, 6.07) is 4.65. The van der Waals surface area contributed by atoms with Crippen LogP contribution in [-0.4, -0.2) is 15.0 Å². The number of nitrogens with one attached hydrogen (secondary N) is 1. The van der Waals surface area contributed by atoms with Gasteiger partial charge in [-0.1, -0.05) is 25.7 Å². The molecule has 1 aliphatic carbocycles. The summed E-state index contributed by atoms with van der Waals surface area (Å²) in [7, 11) is -3.43. The van der Waals surface area contributed by atoms with Gasteiger partial charge < -0.3 is 5.73 Å². The van der Waals surface area contributed by atoms with E-state index in [0.717, 1.165) is 6.42 Å². The third-order valence-electron chi connectivity index (χ3n) is 3.60. The zero-order chi connectivity index (χ0) is 13.9. The second-order valence-electron chi connectivity index (χ2n) is 5.02. The van der Waals surface area contributed by atoms with Gasteiger partial charge in [-0.25, -0.2) is 13.1 Å². The predicted molar refractivity (Wildman–Crippen MR) is 80.3 cm³/mol. The molecule has 1 aromatic carbocycles.